The van der Waals surface area contributed by atoms with Crippen molar-refractivity contribution in [3.05, 3.63) is 24.5 Å². The van der Waals surface area contributed by atoms with Gasteiger partial charge >= 0.3 is 0 Å². The fraction of sp³-hybridized carbons (Fsp3) is 0.500. The number of nitrogens with one attached hydrogen (secondary N) is 1. The molecule has 0 aliphatic heterocycles. The van der Waals surface area contributed by atoms with E-state index in [0.29, 0.717) is 5.16 Å². The fourth-order valence-electron chi connectivity index (χ4n) is 2.29. The van der Waals surface area contributed by atoms with Crippen LogP contribution in [0.5, 0.6) is 0 Å². The quantitative estimate of drug-likeness (QED) is 0.716. The van der Waals surface area contributed by atoms with Crippen LogP contribution in [0.3, 0.4) is 0 Å². The van der Waals surface area contributed by atoms with E-state index in [9.17, 15) is 10.1 Å². The highest BCUT2D eigenvalue weighted by Gasteiger charge is 2.30. The summed E-state index contributed by atoms with van der Waals surface area (Å²) in [6.45, 7) is 8.40. The van der Waals surface area contributed by atoms with Gasteiger partial charge in [-0.2, -0.15) is 5.26 Å². The van der Waals surface area contributed by atoms with E-state index in [4.69, 9.17) is 0 Å². The van der Waals surface area contributed by atoms with Crippen molar-refractivity contribution in [2.45, 2.75) is 51.4 Å². The molecule has 2 aromatic rings. The van der Waals surface area contributed by atoms with Crippen molar-refractivity contribution in [2.75, 3.05) is 5.75 Å². The zero-order chi connectivity index (χ0) is 19.2. The fourth-order valence-corrected chi connectivity index (χ4v) is 3.06. The summed E-state index contributed by atoms with van der Waals surface area (Å²) in [7, 11) is 0. The average molecular weight is 372 g/mol. The molecule has 138 valence electrons. The van der Waals surface area contributed by atoms with Crippen LogP contribution in [0.25, 0.3) is 11.4 Å². The van der Waals surface area contributed by atoms with Gasteiger partial charge in [-0.15, -0.1) is 10.2 Å². The molecule has 2 heterocycles. The van der Waals surface area contributed by atoms with Crippen LogP contribution in [-0.4, -0.2) is 36.9 Å². The third kappa shape index (κ3) is 4.61. The number of carbonyl (C=O) groups excluding carboxylic acids is 1. The van der Waals surface area contributed by atoms with Gasteiger partial charge in [0.1, 0.15) is 5.54 Å². The van der Waals surface area contributed by atoms with Gasteiger partial charge in [-0.3, -0.25) is 9.78 Å². The van der Waals surface area contributed by atoms with Crippen molar-refractivity contribution in [2.24, 2.45) is 5.92 Å². The number of nitrogens with zero attached hydrogens (tertiary/aromatic N) is 5. The summed E-state index contributed by atoms with van der Waals surface area (Å²) < 4.78 is 2.01. The summed E-state index contributed by atoms with van der Waals surface area (Å²) in [5.74, 6) is 0.774. The van der Waals surface area contributed by atoms with E-state index in [-0.39, 0.29) is 17.6 Å². The smallest absolute Gasteiger partial charge is 0.231 e. The second-order valence-corrected chi connectivity index (χ2v) is 7.44. The van der Waals surface area contributed by atoms with Gasteiger partial charge in [0.25, 0.3) is 0 Å². The molecule has 1 N–H and O–H groups in total. The van der Waals surface area contributed by atoms with E-state index < -0.39 is 5.54 Å². The van der Waals surface area contributed by atoms with E-state index in [1.165, 1.54) is 11.8 Å². The Kier molecular flexibility index (Phi) is 6.75. The highest BCUT2D eigenvalue weighted by atomic mass is 32.2. The molecular formula is C18H24N6OS. The van der Waals surface area contributed by atoms with Gasteiger partial charge in [0.05, 0.1) is 11.8 Å². The van der Waals surface area contributed by atoms with Gasteiger partial charge in [0, 0.05) is 24.5 Å². The molecule has 0 radical (unpaired) electrons. The molecule has 7 nitrogen and oxygen atoms in total. The molecule has 1 amide bonds. The van der Waals surface area contributed by atoms with Crippen LogP contribution in [0.15, 0.2) is 29.7 Å². The third-order valence-electron chi connectivity index (χ3n) is 4.22. The topological polar surface area (TPSA) is 96.5 Å². The zero-order valence-electron chi connectivity index (χ0n) is 15.6. The summed E-state index contributed by atoms with van der Waals surface area (Å²) in [6, 6.07) is 5.96. The second-order valence-electron chi connectivity index (χ2n) is 6.50. The monoisotopic (exact) mass is 372 g/mol. The molecule has 8 heteroatoms. The Morgan fingerprint density at radius 3 is 2.65 bits per heavy atom. The van der Waals surface area contributed by atoms with Crippen molar-refractivity contribution in [1.82, 2.24) is 25.1 Å². The number of hydrogen-bond acceptors (Lipinski definition) is 6. The molecule has 1 unspecified atom stereocenters. The number of carbonyl (C=O) groups is 1. The summed E-state index contributed by atoms with van der Waals surface area (Å²) in [5.41, 5.74) is 0.0610. The minimum atomic E-state index is -0.878. The van der Waals surface area contributed by atoms with E-state index >= 15 is 0 Å². The third-order valence-corrected chi connectivity index (χ3v) is 5.19. The van der Waals surface area contributed by atoms with E-state index in [2.05, 4.69) is 33.5 Å². The predicted molar refractivity (Wildman–Crippen MR) is 101 cm³/mol. The average Bonchev–Trinajstić information content (AvgIpc) is 3.03. The first kappa shape index (κ1) is 19.9. The molecule has 0 spiro atoms. The number of amides is 1. The first-order valence-corrected chi connectivity index (χ1v) is 9.58. The van der Waals surface area contributed by atoms with Gasteiger partial charge in [0.15, 0.2) is 11.0 Å². The Labute approximate surface area is 158 Å². The Morgan fingerprint density at radius 2 is 2.08 bits per heavy atom. The molecule has 0 bridgehead atoms. The van der Waals surface area contributed by atoms with E-state index in [1.807, 2.05) is 30.5 Å². The van der Waals surface area contributed by atoms with Crippen LogP contribution in [0.2, 0.25) is 0 Å². The standard InChI is InChI=1S/C18H24N6OS/c1-5-10-24-16(14-6-8-20-9-7-14)22-23-17(24)26-11-15(25)21-18(4,12-19)13(2)3/h6-9,13H,5,10-11H2,1-4H3,(H,21,25). The number of aromatic nitrogens is 4. The minimum absolute atomic E-state index is 0.0171. The lowest BCUT2D eigenvalue weighted by Crippen LogP contribution is -2.49. The Bertz CT molecular complexity index is 783. The SMILES string of the molecule is CCCn1c(SCC(=O)NC(C)(C#N)C(C)C)nnc1-c1ccncc1. The summed E-state index contributed by atoms with van der Waals surface area (Å²) in [5, 5.41) is 21.4. The maximum Gasteiger partial charge on any atom is 0.231 e. The molecule has 2 rings (SSSR count). The van der Waals surface area contributed by atoms with Gasteiger partial charge in [-0.1, -0.05) is 32.5 Å². The van der Waals surface area contributed by atoms with Crippen LogP contribution >= 0.6 is 11.8 Å². The maximum absolute atomic E-state index is 12.3. The molecule has 0 aliphatic rings. The van der Waals surface area contributed by atoms with Crippen molar-refractivity contribution < 1.29 is 4.79 Å². The molecule has 26 heavy (non-hydrogen) atoms. The number of rotatable bonds is 8. The predicted octanol–water partition coefficient (Wildman–Crippen LogP) is 2.90. The van der Waals surface area contributed by atoms with Gasteiger partial charge in [0.2, 0.25) is 5.91 Å². The second kappa shape index (κ2) is 8.81. The Balaban J connectivity index is 2.12. The van der Waals surface area contributed by atoms with Gasteiger partial charge < -0.3 is 9.88 Å². The lowest BCUT2D eigenvalue weighted by atomic mass is 9.90. The summed E-state index contributed by atoms with van der Waals surface area (Å²) in [4.78, 5) is 16.3. The van der Waals surface area contributed by atoms with Crippen molar-refractivity contribution in [1.29, 1.82) is 5.26 Å². The lowest BCUT2D eigenvalue weighted by molar-refractivity contribution is -0.120. The number of nitriles is 1. The summed E-state index contributed by atoms with van der Waals surface area (Å²) >= 11 is 1.33. The Morgan fingerprint density at radius 1 is 1.38 bits per heavy atom. The zero-order valence-corrected chi connectivity index (χ0v) is 16.4. The highest BCUT2D eigenvalue weighted by molar-refractivity contribution is 7.99. The van der Waals surface area contributed by atoms with Crippen LogP contribution in [-0.2, 0) is 11.3 Å². The van der Waals surface area contributed by atoms with Crippen LogP contribution in [0, 0.1) is 17.2 Å². The summed E-state index contributed by atoms with van der Waals surface area (Å²) in [6.07, 6.45) is 4.36. The molecule has 1 atom stereocenters. The number of thioether (sulfide) groups is 1. The first-order valence-electron chi connectivity index (χ1n) is 8.60. The normalized spacial score (nSPS) is 13.2. The van der Waals surface area contributed by atoms with Crippen molar-refractivity contribution in [3.63, 3.8) is 0 Å². The Hall–Kier alpha value is -2.40. The van der Waals surface area contributed by atoms with E-state index in [0.717, 1.165) is 24.4 Å². The molecule has 0 fully saturated rings. The molecule has 0 aromatic carbocycles. The molecule has 0 saturated heterocycles. The van der Waals surface area contributed by atoms with Crippen molar-refractivity contribution >= 4 is 17.7 Å². The van der Waals surface area contributed by atoms with E-state index in [1.54, 1.807) is 19.3 Å². The first-order chi connectivity index (χ1) is 12.4. The maximum atomic E-state index is 12.3. The minimum Gasteiger partial charge on any atom is -0.337 e. The van der Waals surface area contributed by atoms with Gasteiger partial charge in [-0.05, 0) is 31.4 Å². The molecular weight excluding hydrogens is 348 g/mol. The van der Waals surface area contributed by atoms with Crippen molar-refractivity contribution in [3.8, 4) is 17.5 Å². The number of pyridine rings is 1. The van der Waals surface area contributed by atoms with Crippen LogP contribution in [0.4, 0.5) is 0 Å². The largest absolute Gasteiger partial charge is 0.337 e. The van der Waals surface area contributed by atoms with Gasteiger partial charge in [-0.25, -0.2) is 0 Å². The lowest BCUT2D eigenvalue weighted by Gasteiger charge is -2.27. The molecule has 0 saturated carbocycles. The highest BCUT2D eigenvalue weighted by Crippen LogP contribution is 2.24. The van der Waals surface area contributed by atoms with Crippen LogP contribution in [0.1, 0.15) is 34.1 Å². The molecule has 2 aromatic heterocycles. The number of hydrogen-bond donors (Lipinski definition) is 1. The van der Waals surface area contributed by atoms with Crippen LogP contribution < -0.4 is 5.32 Å². The molecule has 0 aliphatic carbocycles.